The highest BCUT2D eigenvalue weighted by atomic mass is 32.1. The van der Waals surface area contributed by atoms with Gasteiger partial charge < -0.3 is 14.8 Å². The molecule has 1 aromatic carbocycles. The maximum Gasteiger partial charge on any atom is 0.195 e. The molecule has 0 aliphatic heterocycles. The molecule has 0 aliphatic rings. The average molecular weight is 293 g/mol. The monoisotopic (exact) mass is 293 g/mol. The summed E-state index contributed by atoms with van der Waals surface area (Å²) in [5.74, 6) is 1.24. The second-order valence-electron chi connectivity index (χ2n) is 5.24. The standard InChI is InChI=1S/C14H19N3O2S/c1-9(2)4-3-7-17-13(15-16-14(17)20)11-6-5-10(18)8-12(11)19/h5-6,8-9,18-19H,3-4,7H2,1-2H3,(H,16,20). The van der Waals surface area contributed by atoms with Crippen LogP contribution in [0.15, 0.2) is 18.2 Å². The van der Waals surface area contributed by atoms with Crippen molar-refractivity contribution in [1.29, 1.82) is 0 Å². The Kier molecular flexibility index (Phi) is 4.44. The molecule has 0 unspecified atom stereocenters. The van der Waals surface area contributed by atoms with Gasteiger partial charge in [-0.2, -0.15) is 5.10 Å². The summed E-state index contributed by atoms with van der Waals surface area (Å²) < 4.78 is 2.42. The first-order chi connectivity index (χ1) is 9.49. The summed E-state index contributed by atoms with van der Waals surface area (Å²) >= 11 is 5.23. The van der Waals surface area contributed by atoms with Gasteiger partial charge in [0.15, 0.2) is 10.6 Å². The minimum Gasteiger partial charge on any atom is -0.508 e. The molecule has 108 valence electrons. The van der Waals surface area contributed by atoms with Crippen LogP contribution < -0.4 is 0 Å². The minimum absolute atomic E-state index is 0.0101. The number of aromatic hydroxyl groups is 2. The Morgan fingerprint density at radius 2 is 2.10 bits per heavy atom. The van der Waals surface area contributed by atoms with E-state index in [9.17, 15) is 10.2 Å². The third kappa shape index (κ3) is 3.19. The molecule has 0 radical (unpaired) electrons. The molecule has 0 aliphatic carbocycles. The SMILES string of the molecule is CC(C)CCCn1c(-c2ccc(O)cc2O)n[nH]c1=S. The normalized spacial score (nSPS) is 11.2. The van der Waals surface area contributed by atoms with Crippen LogP contribution in [0.1, 0.15) is 26.7 Å². The van der Waals surface area contributed by atoms with Gasteiger partial charge in [0.2, 0.25) is 0 Å². The van der Waals surface area contributed by atoms with Crippen LogP contribution in [0.2, 0.25) is 0 Å². The highest BCUT2D eigenvalue weighted by molar-refractivity contribution is 7.71. The first-order valence-corrected chi connectivity index (χ1v) is 7.07. The molecule has 2 aromatic rings. The fraction of sp³-hybridized carbons (Fsp3) is 0.429. The topological polar surface area (TPSA) is 74.1 Å². The number of hydrogen-bond acceptors (Lipinski definition) is 4. The van der Waals surface area contributed by atoms with Crippen molar-refractivity contribution in [1.82, 2.24) is 14.8 Å². The van der Waals surface area contributed by atoms with Crippen molar-refractivity contribution in [3.05, 3.63) is 23.0 Å². The molecule has 5 nitrogen and oxygen atoms in total. The Labute approximate surface area is 122 Å². The summed E-state index contributed by atoms with van der Waals surface area (Å²) in [5, 5.41) is 26.2. The third-order valence-electron chi connectivity index (χ3n) is 3.14. The Morgan fingerprint density at radius 3 is 2.75 bits per heavy atom. The van der Waals surface area contributed by atoms with Crippen LogP contribution in [-0.4, -0.2) is 25.0 Å². The van der Waals surface area contributed by atoms with E-state index in [4.69, 9.17) is 12.2 Å². The zero-order chi connectivity index (χ0) is 14.7. The number of phenols is 2. The van der Waals surface area contributed by atoms with Crippen molar-refractivity contribution >= 4 is 12.2 Å². The molecule has 0 atom stereocenters. The summed E-state index contributed by atoms with van der Waals surface area (Å²) in [6.45, 7) is 5.12. The first-order valence-electron chi connectivity index (χ1n) is 6.66. The lowest BCUT2D eigenvalue weighted by Gasteiger charge is -2.09. The van der Waals surface area contributed by atoms with Crippen molar-refractivity contribution in [3.8, 4) is 22.9 Å². The van der Waals surface area contributed by atoms with Gasteiger partial charge in [0, 0.05) is 12.6 Å². The Morgan fingerprint density at radius 1 is 1.35 bits per heavy atom. The van der Waals surface area contributed by atoms with Crippen LogP contribution in [0.3, 0.4) is 0 Å². The first kappa shape index (κ1) is 14.6. The van der Waals surface area contributed by atoms with Crippen LogP contribution in [0.5, 0.6) is 11.5 Å². The lowest BCUT2D eigenvalue weighted by molar-refractivity contribution is 0.451. The van der Waals surface area contributed by atoms with Crippen molar-refractivity contribution in [2.45, 2.75) is 33.2 Å². The van der Waals surface area contributed by atoms with Crippen LogP contribution in [0, 0.1) is 10.7 Å². The smallest absolute Gasteiger partial charge is 0.195 e. The molecule has 0 amide bonds. The van der Waals surface area contributed by atoms with Crippen LogP contribution >= 0.6 is 12.2 Å². The van der Waals surface area contributed by atoms with Crippen LogP contribution in [-0.2, 0) is 6.54 Å². The summed E-state index contributed by atoms with van der Waals surface area (Å²) in [5.41, 5.74) is 0.555. The molecule has 1 heterocycles. The summed E-state index contributed by atoms with van der Waals surface area (Å²) in [6.07, 6.45) is 2.10. The number of benzene rings is 1. The summed E-state index contributed by atoms with van der Waals surface area (Å²) in [4.78, 5) is 0. The molecule has 0 fully saturated rings. The summed E-state index contributed by atoms with van der Waals surface area (Å²) in [7, 11) is 0. The van der Waals surface area contributed by atoms with Crippen molar-refractivity contribution in [2.24, 2.45) is 5.92 Å². The van der Waals surface area contributed by atoms with Gasteiger partial charge in [0.25, 0.3) is 0 Å². The van der Waals surface area contributed by atoms with Crippen LogP contribution in [0.25, 0.3) is 11.4 Å². The number of rotatable bonds is 5. The molecule has 3 N–H and O–H groups in total. The van der Waals surface area contributed by atoms with E-state index in [1.807, 2.05) is 4.57 Å². The quantitative estimate of drug-likeness (QED) is 0.738. The van der Waals surface area contributed by atoms with Gasteiger partial charge in [0.05, 0.1) is 5.56 Å². The highest BCUT2D eigenvalue weighted by Crippen LogP contribution is 2.31. The van der Waals surface area contributed by atoms with Gasteiger partial charge in [-0.25, -0.2) is 0 Å². The predicted molar refractivity (Wildman–Crippen MR) is 80.2 cm³/mol. The molecule has 0 bridgehead atoms. The molecule has 20 heavy (non-hydrogen) atoms. The van der Waals surface area contributed by atoms with Crippen molar-refractivity contribution in [3.63, 3.8) is 0 Å². The number of nitrogens with zero attached hydrogens (tertiary/aromatic N) is 2. The predicted octanol–water partition coefficient (Wildman–Crippen LogP) is 3.46. The Hall–Kier alpha value is -1.82. The van der Waals surface area contributed by atoms with E-state index in [1.54, 1.807) is 6.07 Å². The van der Waals surface area contributed by atoms with Gasteiger partial charge in [-0.3, -0.25) is 5.10 Å². The number of H-pyrrole nitrogens is 1. The lowest BCUT2D eigenvalue weighted by Crippen LogP contribution is -2.02. The highest BCUT2D eigenvalue weighted by Gasteiger charge is 2.13. The fourth-order valence-corrected chi connectivity index (χ4v) is 2.32. The molecule has 0 saturated carbocycles. The maximum absolute atomic E-state index is 9.93. The molecule has 0 spiro atoms. The molecule has 0 saturated heterocycles. The zero-order valence-corrected chi connectivity index (χ0v) is 12.4. The maximum atomic E-state index is 9.93. The minimum atomic E-state index is -0.0101. The second-order valence-corrected chi connectivity index (χ2v) is 5.63. The molecule has 2 rings (SSSR count). The van der Waals surface area contributed by atoms with E-state index >= 15 is 0 Å². The number of hydrogen-bond donors (Lipinski definition) is 3. The number of nitrogens with one attached hydrogen (secondary N) is 1. The third-order valence-corrected chi connectivity index (χ3v) is 3.46. The second kappa shape index (κ2) is 6.09. The van der Waals surface area contributed by atoms with Crippen LogP contribution in [0.4, 0.5) is 0 Å². The van der Waals surface area contributed by atoms with Gasteiger partial charge in [-0.15, -0.1) is 0 Å². The van der Waals surface area contributed by atoms with E-state index in [1.165, 1.54) is 12.1 Å². The Bertz CT molecular complexity index is 646. The fourth-order valence-electron chi connectivity index (χ4n) is 2.10. The van der Waals surface area contributed by atoms with Crippen molar-refractivity contribution in [2.75, 3.05) is 0 Å². The van der Waals surface area contributed by atoms with E-state index in [2.05, 4.69) is 24.0 Å². The van der Waals surface area contributed by atoms with Gasteiger partial charge in [-0.1, -0.05) is 13.8 Å². The van der Waals surface area contributed by atoms with Gasteiger partial charge in [-0.05, 0) is 43.1 Å². The number of aromatic amines is 1. The van der Waals surface area contributed by atoms with E-state index < -0.39 is 0 Å². The van der Waals surface area contributed by atoms with Crippen molar-refractivity contribution < 1.29 is 10.2 Å². The Balaban J connectivity index is 2.30. The lowest BCUT2D eigenvalue weighted by atomic mass is 10.1. The molecule has 1 aromatic heterocycles. The molecule has 6 heteroatoms. The van der Waals surface area contributed by atoms with E-state index in [-0.39, 0.29) is 11.5 Å². The average Bonchev–Trinajstić information content (AvgIpc) is 2.71. The zero-order valence-electron chi connectivity index (χ0n) is 11.6. The molecular formula is C14H19N3O2S. The number of aromatic nitrogens is 3. The van der Waals surface area contributed by atoms with E-state index in [0.717, 1.165) is 19.4 Å². The number of phenolic OH excluding ortho intramolecular Hbond substituents is 2. The van der Waals surface area contributed by atoms with E-state index in [0.29, 0.717) is 22.1 Å². The summed E-state index contributed by atoms with van der Waals surface area (Å²) in [6, 6.07) is 4.45. The van der Waals surface area contributed by atoms with Gasteiger partial charge in [0.1, 0.15) is 11.5 Å². The largest absolute Gasteiger partial charge is 0.508 e. The molecular weight excluding hydrogens is 274 g/mol. The van der Waals surface area contributed by atoms with Gasteiger partial charge >= 0.3 is 0 Å².